The molecule has 2 heterocycles. The van der Waals surface area contributed by atoms with E-state index >= 15 is 0 Å². The number of carbonyl (C=O) groups is 1. The number of ether oxygens (including phenoxy) is 1. The fourth-order valence-electron chi connectivity index (χ4n) is 2.18. The van der Waals surface area contributed by atoms with Crippen LogP contribution in [0.5, 0.6) is 0 Å². The highest BCUT2D eigenvalue weighted by atomic mass is 35.5. The van der Waals surface area contributed by atoms with Gasteiger partial charge in [-0.3, -0.25) is 4.79 Å². The van der Waals surface area contributed by atoms with E-state index in [9.17, 15) is 4.79 Å². The minimum absolute atomic E-state index is 0. The van der Waals surface area contributed by atoms with Crippen LogP contribution in [-0.4, -0.2) is 49.7 Å². The second-order valence-electron chi connectivity index (χ2n) is 4.66. The van der Waals surface area contributed by atoms with Gasteiger partial charge >= 0.3 is 0 Å². The third-order valence-electron chi connectivity index (χ3n) is 3.56. The van der Waals surface area contributed by atoms with E-state index in [1.165, 1.54) is 0 Å². The van der Waals surface area contributed by atoms with Crippen molar-refractivity contribution in [3.8, 4) is 0 Å². The number of morpholine rings is 1. The van der Waals surface area contributed by atoms with E-state index in [2.05, 4.69) is 19.2 Å². The number of rotatable bonds is 2. The molecule has 0 aromatic carbocycles. The predicted octanol–water partition coefficient (Wildman–Crippen LogP) is 0.511. The first kappa shape index (κ1) is 13.7. The van der Waals surface area contributed by atoms with Crippen LogP contribution in [0.25, 0.3) is 0 Å². The SMILES string of the molecule is CC(C(=O)N1CCOCC1C)C1CNC1.Cl. The zero-order valence-electron chi connectivity index (χ0n) is 9.94. The molecule has 2 fully saturated rings. The highest BCUT2D eigenvalue weighted by Crippen LogP contribution is 2.20. The Labute approximate surface area is 103 Å². The third kappa shape index (κ3) is 2.67. The van der Waals surface area contributed by atoms with Crippen LogP contribution in [0.1, 0.15) is 13.8 Å². The summed E-state index contributed by atoms with van der Waals surface area (Å²) in [5, 5.41) is 3.22. The Morgan fingerprint density at radius 3 is 2.69 bits per heavy atom. The molecule has 0 aromatic heterocycles. The molecule has 0 bridgehead atoms. The normalized spacial score (nSPS) is 27.9. The van der Waals surface area contributed by atoms with Gasteiger partial charge in [0.05, 0.1) is 19.3 Å². The zero-order chi connectivity index (χ0) is 10.8. The number of hydrogen-bond acceptors (Lipinski definition) is 3. The van der Waals surface area contributed by atoms with Gasteiger partial charge in [0.25, 0.3) is 0 Å². The number of hydrogen-bond donors (Lipinski definition) is 1. The summed E-state index contributed by atoms with van der Waals surface area (Å²) in [4.78, 5) is 14.2. The molecule has 4 nitrogen and oxygen atoms in total. The Bertz CT molecular complexity index is 246. The van der Waals surface area contributed by atoms with Crippen LogP contribution >= 0.6 is 12.4 Å². The highest BCUT2D eigenvalue weighted by molar-refractivity contribution is 5.85. The predicted molar refractivity (Wildman–Crippen MR) is 64.8 cm³/mol. The van der Waals surface area contributed by atoms with Crippen LogP contribution in [-0.2, 0) is 9.53 Å². The molecule has 16 heavy (non-hydrogen) atoms. The van der Waals surface area contributed by atoms with Gasteiger partial charge in [0.2, 0.25) is 5.91 Å². The fraction of sp³-hybridized carbons (Fsp3) is 0.909. The van der Waals surface area contributed by atoms with Crippen molar-refractivity contribution in [3.63, 3.8) is 0 Å². The Morgan fingerprint density at radius 2 is 2.19 bits per heavy atom. The van der Waals surface area contributed by atoms with Crippen molar-refractivity contribution in [3.05, 3.63) is 0 Å². The first-order valence-corrected chi connectivity index (χ1v) is 5.79. The zero-order valence-corrected chi connectivity index (χ0v) is 10.8. The van der Waals surface area contributed by atoms with Crippen molar-refractivity contribution in [1.82, 2.24) is 10.2 Å². The lowest BCUT2D eigenvalue weighted by atomic mass is 9.87. The topological polar surface area (TPSA) is 41.6 Å². The van der Waals surface area contributed by atoms with Gasteiger partial charge in [-0.1, -0.05) is 6.92 Å². The first-order chi connectivity index (χ1) is 7.20. The summed E-state index contributed by atoms with van der Waals surface area (Å²) in [5.74, 6) is 0.997. The molecule has 2 unspecified atom stereocenters. The van der Waals surface area contributed by atoms with Gasteiger partial charge in [0, 0.05) is 12.5 Å². The molecular formula is C11H21ClN2O2. The molecule has 0 aromatic rings. The minimum atomic E-state index is 0. The molecule has 0 radical (unpaired) electrons. The molecule has 94 valence electrons. The summed E-state index contributed by atoms with van der Waals surface area (Å²) >= 11 is 0. The number of amides is 1. The second-order valence-corrected chi connectivity index (χ2v) is 4.66. The number of halogens is 1. The van der Waals surface area contributed by atoms with E-state index in [1.807, 2.05) is 4.90 Å². The maximum atomic E-state index is 12.2. The largest absolute Gasteiger partial charge is 0.377 e. The molecule has 1 amide bonds. The molecule has 5 heteroatoms. The van der Waals surface area contributed by atoms with E-state index in [-0.39, 0.29) is 24.4 Å². The molecule has 0 aliphatic carbocycles. The summed E-state index contributed by atoms with van der Waals surface area (Å²) in [6.07, 6.45) is 0. The molecule has 2 rings (SSSR count). The molecule has 2 saturated heterocycles. The van der Waals surface area contributed by atoms with E-state index in [1.54, 1.807) is 0 Å². The van der Waals surface area contributed by atoms with Gasteiger partial charge in [0.1, 0.15) is 0 Å². The van der Waals surface area contributed by atoms with Crippen LogP contribution in [0.2, 0.25) is 0 Å². The van der Waals surface area contributed by atoms with E-state index in [0.29, 0.717) is 25.0 Å². The molecule has 0 spiro atoms. The average Bonchev–Trinajstić information content (AvgIpc) is 2.15. The maximum Gasteiger partial charge on any atom is 0.226 e. The van der Waals surface area contributed by atoms with Crippen molar-refractivity contribution in [1.29, 1.82) is 0 Å². The lowest BCUT2D eigenvalue weighted by molar-refractivity contribution is -0.145. The molecule has 1 N–H and O–H groups in total. The molecule has 2 aliphatic heterocycles. The van der Waals surface area contributed by atoms with Crippen molar-refractivity contribution >= 4 is 18.3 Å². The van der Waals surface area contributed by atoms with Gasteiger partial charge < -0.3 is 15.0 Å². The summed E-state index contributed by atoms with van der Waals surface area (Å²) in [5.41, 5.74) is 0. The van der Waals surface area contributed by atoms with Crippen LogP contribution in [0.15, 0.2) is 0 Å². The van der Waals surface area contributed by atoms with Crippen molar-refractivity contribution in [2.45, 2.75) is 19.9 Å². The minimum Gasteiger partial charge on any atom is -0.377 e. The standard InChI is InChI=1S/C11H20N2O2.ClH/c1-8-7-15-4-3-13(8)11(14)9(2)10-5-12-6-10;/h8-10,12H,3-7H2,1-2H3;1H. The second kappa shape index (κ2) is 5.84. The van der Waals surface area contributed by atoms with Crippen LogP contribution < -0.4 is 5.32 Å². The van der Waals surface area contributed by atoms with E-state index in [4.69, 9.17) is 4.74 Å². The molecule has 2 aliphatic rings. The highest BCUT2D eigenvalue weighted by Gasteiger charge is 2.34. The summed E-state index contributed by atoms with van der Waals surface area (Å²) in [6, 6.07) is 0.238. The van der Waals surface area contributed by atoms with Gasteiger partial charge in [-0.15, -0.1) is 12.4 Å². The monoisotopic (exact) mass is 248 g/mol. The van der Waals surface area contributed by atoms with Crippen LogP contribution in [0.3, 0.4) is 0 Å². The first-order valence-electron chi connectivity index (χ1n) is 5.79. The van der Waals surface area contributed by atoms with Gasteiger partial charge in [-0.25, -0.2) is 0 Å². The van der Waals surface area contributed by atoms with Crippen LogP contribution in [0, 0.1) is 11.8 Å². The molecule has 2 atom stereocenters. The molecular weight excluding hydrogens is 228 g/mol. The van der Waals surface area contributed by atoms with E-state index < -0.39 is 0 Å². The van der Waals surface area contributed by atoms with Gasteiger partial charge in [-0.05, 0) is 25.9 Å². The Balaban J connectivity index is 0.00000128. The van der Waals surface area contributed by atoms with Crippen molar-refractivity contribution in [2.24, 2.45) is 11.8 Å². The average molecular weight is 249 g/mol. The Hall–Kier alpha value is -0.320. The number of carbonyl (C=O) groups excluding carboxylic acids is 1. The van der Waals surface area contributed by atoms with Crippen molar-refractivity contribution < 1.29 is 9.53 Å². The fourth-order valence-corrected chi connectivity index (χ4v) is 2.18. The Morgan fingerprint density at radius 1 is 1.50 bits per heavy atom. The van der Waals surface area contributed by atoms with Crippen LogP contribution in [0.4, 0.5) is 0 Å². The molecule has 0 saturated carbocycles. The van der Waals surface area contributed by atoms with Crippen molar-refractivity contribution in [2.75, 3.05) is 32.8 Å². The lowest BCUT2D eigenvalue weighted by Gasteiger charge is -2.39. The number of nitrogens with zero attached hydrogens (tertiary/aromatic N) is 1. The summed E-state index contributed by atoms with van der Waals surface area (Å²) in [6.45, 7) is 8.22. The lowest BCUT2D eigenvalue weighted by Crippen LogP contribution is -2.54. The number of nitrogens with one attached hydrogen (secondary N) is 1. The van der Waals surface area contributed by atoms with E-state index in [0.717, 1.165) is 19.6 Å². The summed E-state index contributed by atoms with van der Waals surface area (Å²) in [7, 11) is 0. The Kier molecular flexibility index (Phi) is 5.02. The van der Waals surface area contributed by atoms with Gasteiger partial charge in [-0.2, -0.15) is 0 Å². The quantitative estimate of drug-likeness (QED) is 0.775. The van der Waals surface area contributed by atoms with Gasteiger partial charge in [0.15, 0.2) is 0 Å². The third-order valence-corrected chi connectivity index (χ3v) is 3.56. The smallest absolute Gasteiger partial charge is 0.226 e. The summed E-state index contributed by atoms with van der Waals surface area (Å²) < 4.78 is 5.34. The maximum absolute atomic E-state index is 12.2.